The first-order valence-electron chi connectivity index (χ1n) is 9.65. The van der Waals surface area contributed by atoms with E-state index in [1.807, 2.05) is 18.4 Å². The predicted octanol–water partition coefficient (Wildman–Crippen LogP) is 5.38. The maximum absolute atomic E-state index is 13.0. The second kappa shape index (κ2) is 8.82. The van der Waals surface area contributed by atoms with E-state index in [9.17, 15) is 13.2 Å². The number of benzene rings is 1. The molecule has 1 aliphatic rings. The molecule has 5 rings (SSSR count). The summed E-state index contributed by atoms with van der Waals surface area (Å²) < 4.78 is 30.9. The molecule has 0 bridgehead atoms. The van der Waals surface area contributed by atoms with Gasteiger partial charge in [-0.25, -0.2) is 18.4 Å². The zero-order valence-electron chi connectivity index (χ0n) is 16.7. The van der Waals surface area contributed by atoms with Gasteiger partial charge in [0.25, 0.3) is 10.0 Å². The van der Waals surface area contributed by atoms with Crippen molar-refractivity contribution in [1.82, 2.24) is 14.3 Å². The molecule has 1 aromatic carbocycles. The first-order chi connectivity index (χ1) is 15.3. The summed E-state index contributed by atoms with van der Waals surface area (Å²) in [6.07, 6.45) is 3.24. The third kappa shape index (κ3) is 4.17. The molecule has 1 aliphatic heterocycles. The Morgan fingerprint density at radius 2 is 1.91 bits per heavy atom. The van der Waals surface area contributed by atoms with E-state index in [1.165, 1.54) is 21.7 Å². The lowest BCUT2D eigenvalue weighted by Crippen LogP contribution is -2.43. The fraction of sp³-hybridized carbons (Fsp3) is 0.316. The van der Waals surface area contributed by atoms with Gasteiger partial charge in [-0.05, 0) is 43.4 Å². The Morgan fingerprint density at radius 1 is 1.16 bits per heavy atom. The standard InChI is InChI=1S/C19H17ClN4O3S5/c1-28-19-22-12-5-4-11-15(16(12)31-19)30-18(21-11)23-17(25)10-3-2-8-24(9-10)32(26,27)14-7-6-13(20)29-14/h4-7,10H,2-3,8-9H2,1H3,(H,21,23,25). The van der Waals surface area contributed by atoms with Crippen LogP contribution in [0, 0.1) is 5.92 Å². The lowest BCUT2D eigenvalue weighted by atomic mass is 9.99. The minimum absolute atomic E-state index is 0.144. The van der Waals surface area contributed by atoms with Crippen molar-refractivity contribution < 1.29 is 13.2 Å². The lowest BCUT2D eigenvalue weighted by molar-refractivity contribution is -0.120. The van der Waals surface area contributed by atoms with Gasteiger partial charge < -0.3 is 5.32 Å². The summed E-state index contributed by atoms with van der Waals surface area (Å²) in [6, 6.07) is 6.94. The molecule has 1 atom stereocenters. The lowest BCUT2D eigenvalue weighted by Gasteiger charge is -2.30. The van der Waals surface area contributed by atoms with Crippen molar-refractivity contribution in [2.45, 2.75) is 21.4 Å². The molecule has 1 amide bonds. The number of hydrogen-bond acceptors (Lipinski definition) is 9. The van der Waals surface area contributed by atoms with E-state index in [2.05, 4.69) is 15.3 Å². The molecule has 4 aromatic rings. The zero-order valence-corrected chi connectivity index (χ0v) is 21.5. The number of amides is 1. The number of carbonyl (C=O) groups excluding carboxylic acids is 1. The van der Waals surface area contributed by atoms with E-state index >= 15 is 0 Å². The van der Waals surface area contributed by atoms with Crippen molar-refractivity contribution in [2.24, 2.45) is 5.92 Å². The monoisotopic (exact) mass is 544 g/mol. The van der Waals surface area contributed by atoms with Gasteiger partial charge >= 0.3 is 0 Å². The number of nitrogens with one attached hydrogen (secondary N) is 1. The van der Waals surface area contributed by atoms with Crippen LogP contribution in [0.3, 0.4) is 0 Å². The van der Waals surface area contributed by atoms with E-state index in [4.69, 9.17) is 11.6 Å². The predicted molar refractivity (Wildman–Crippen MR) is 134 cm³/mol. The van der Waals surface area contributed by atoms with Gasteiger partial charge in [0, 0.05) is 13.1 Å². The van der Waals surface area contributed by atoms with Gasteiger partial charge in [-0.15, -0.1) is 22.7 Å². The summed E-state index contributed by atoms with van der Waals surface area (Å²) in [7, 11) is -3.66. The summed E-state index contributed by atoms with van der Waals surface area (Å²) in [4.78, 5) is 22.1. The number of halogens is 1. The van der Waals surface area contributed by atoms with E-state index in [0.29, 0.717) is 28.9 Å². The number of carbonyl (C=O) groups is 1. The van der Waals surface area contributed by atoms with Crippen LogP contribution in [0.5, 0.6) is 0 Å². The van der Waals surface area contributed by atoms with Crippen LogP contribution in [-0.4, -0.2) is 47.9 Å². The van der Waals surface area contributed by atoms with Crippen molar-refractivity contribution >= 4 is 98.9 Å². The number of fused-ring (bicyclic) bond motifs is 3. The SMILES string of the molecule is CSc1nc2ccc3nc(NC(=O)C4CCCN(S(=O)(=O)c5ccc(Cl)s5)C4)sc3c2s1. The summed E-state index contributed by atoms with van der Waals surface area (Å²) >= 11 is 11.6. The van der Waals surface area contributed by atoms with E-state index in [0.717, 1.165) is 36.1 Å². The zero-order chi connectivity index (χ0) is 22.5. The van der Waals surface area contributed by atoms with Crippen LogP contribution in [-0.2, 0) is 14.8 Å². The Hall–Kier alpha value is -1.28. The molecule has 32 heavy (non-hydrogen) atoms. The molecule has 1 unspecified atom stereocenters. The van der Waals surface area contributed by atoms with Crippen molar-refractivity contribution in [3.8, 4) is 0 Å². The second-order valence-electron chi connectivity index (χ2n) is 7.21. The Morgan fingerprint density at radius 3 is 2.62 bits per heavy atom. The number of piperidine rings is 1. The van der Waals surface area contributed by atoms with E-state index in [1.54, 1.807) is 29.2 Å². The maximum atomic E-state index is 13.0. The van der Waals surface area contributed by atoms with Gasteiger partial charge in [0.1, 0.15) is 4.21 Å². The summed E-state index contributed by atoms with van der Waals surface area (Å²) in [5, 5.41) is 3.43. The van der Waals surface area contributed by atoms with Crippen LogP contribution in [0.1, 0.15) is 12.8 Å². The normalized spacial score (nSPS) is 17.9. The smallest absolute Gasteiger partial charge is 0.252 e. The van der Waals surface area contributed by atoms with Crippen LogP contribution >= 0.6 is 57.4 Å². The number of thioether (sulfide) groups is 1. The fourth-order valence-electron chi connectivity index (χ4n) is 3.64. The minimum atomic E-state index is -3.66. The molecule has 13 heteroatoms. The highest BCUT2D eigenvalue weighted by atomic mass is 35.5. The van der Waals surface area contributed by atoms with Crippen molar-refractivity contribution in [1.29, 1.82) is 0 Å². The number of anilines is 1. The quantitative estimate of drug-likeness (QED) is 0.339. The number of sulfonamides is 1. The molecule has 1 saturated heterocycles. The van der Waals surface area contributed by atoms with Crippen molar-refractivity contribution in [3.05, 3.63) is 28.6 Å². The first-order valence-corrected chi connectivity index (χ1v) is 15.1. The van der Waals surface area contributed by atoms with E-state index in [-0.39, 0.29) is 16.7 Å². The van der Waals surface area contributed by atoms with Crippen LogP contribution in [0.25, 0.3) is 20.4 Å². The largest absolute Gasteiger partial charge is 0.302 e. The molecule has 1 fully saturated rings. The van der Waals surface area contributed by atoms with Gasteiger partial charge in [-0.3, -0.25) is 4.79 Å². The third-order valence-electron chi connectivity index (χ3n) is 5.19. The Bertz CT molecular complexity index is 1430. The number of rotatable bonds is 5. The maximum Gasteiger partial charge on any atom is 0.252 e. The molecular weight excluding hydrogens is 528 g/mol. The number of nitrogens with zero attached hydrogens (tertiary/aromatic N) is 3. The van der Waals surface area contributed by atoms with Gasteiger partial charge in [0.2, 0.25) is 5.91 Å². The number of thiazole rings is 2. The highest BCUT2D eigenvalue weighted by molar-refractivity contribution is 8.00. The highest BCUT2D eigenvalue weighted by Crippen LogP contribution is 2.38. The van der Waals surface area contributed by atoms with Crippen molar-refractivity contribution in [2.75, 3.05) is 24.7 Å². The molecule has 7 nitrogen and oxygen atoms in total. The van der Waals surface area contributed by atoms with Crippen LogP contribution in [0.2, 0.25) is 4.34 Å². The summed E-state index contributed by atoms with van der Waals surface area (Å²) in [5.41, 5.74) is 1.74. The average Bonchev–Trinajstić information content (AvgIpc) is 3.50. The fourth-order valence-corrected chi connectivity index (χ4v) is 9.46. The molecule has 1 N–H and O–H groups in total. The minimum Gasteiger partial charge on any atom is -0.302 e. The van der Waals surface area contributed by atoms with Gasteiger partial charge in [0.15, 0.2) is 9.47 Å². The number of thiophene rings is 1. The average molecular weight is 545 g/mol. The molecule has 3 aromatic heterocycles. The summed E-state index contributed by atoms with van der Waals surface area (Å²) in [6.45, 7) is 0.536. The molecule has 0 aliphatic carbocycles. The van der Waals surface area contributed by atoms with Crippen LogP contribution < -0.4 is 5.32 Å². The molecular formula is C19H17ClN4O3S5. The van der Waals surface area contributed by atoms with Gasteiger partial charge in [-0.1, -0.05) is 34.7 Å². The Balaban J connectivity index is 1.35. The number of hydrogen-bond donors (Lipinski definition) is 1. The second-order valence-corrected chi connectivity index (χ2v) is 14.1. The highest BCUT2D eigenvalue weighted by Gasteiger charge is 2.34. The van der Waals surface area contributed by atoms with Crippen molar-refractivity contribution in [3.63, 3.8) is 0 Å². The molecule has 0 spiro atoms. The Labute approximate surface area is 205 Å². The summed E-state index contributed by atoms with van der Waals surface area (Å²) in [5.74, 6) is -0.647. The molecule has 168 valence electrons. The first kappa shape index (κ1) is 22.5. The topological polar surface area (TPSA) is 92.3 Å². The molecule has 0 radical (unpaired) electrons. The number of aromatic nitrogens is 2. The van der Waals surface area contributed by atoms with Gasteiger partial charge in [-0.2, -0.15) is 4.31 Å². The molecule has 4 heterocycles. The molecule has 0 saturated carbocycles. The van der Waals surface area contributed by atoms with Gasteiger partial charge in [0.05, 0.1) is 30.7 Å². The van der Waals surface area contributed by atoms with E-state index < -0.39 is 15.9 Å². The third-order valence-corrected chi connectivity index (χ3v) is 12.0. The Kier molecular flexibility index (Phi) is 6.20. The van der Waals surface area contributed by atoms with Crippen LogP contribution in [0.4, 0.5) is 5.13 Å². The van der Waals surface area contributed by atoms with Crippen LogP contribution in [0.15, 0.2) is 32.8 Å².